The van der Waals surface area contributed by atoms with Gasteiger partial charge in [0.25, 0.3) is 5.91 Å². The first-order chi connectivity index (χ1) is 14.2. The van der Waals surface area contributed by atoms with Crippen LogP contribution < -0.4 is 10.1 Å². The fourth-order valence-electron chi connectivity index (χ4n) is 4.40. The molecule has 5 nitrogen and oxygen atoms in total. The van der Waals surface area contributed by atoms with E-state index in [4.69, 9.17) is 9.47 Å². The van der Waals surface area contributed by atoms with Crippen LogP contribution in [0.15, 0.2) is 24.3 Å². The van der Waals surface area contributed by atoms with Crippen molar-refractivity contribution in [1.82, 2.24) is 4.90 Å². The summed E-state index contributed by atoms with van der Waals surface area (Å²) >= 11 is 0. The zero-order valence-electron chi connectivity index (χ0n) is 18.1. The molecule has 1 saturated carbocycles. The van der Waals surface area contributed by atoms with Gasteiger partial charge in [0.2, 0.25) is 0 Å². The third-order valence-corrected chi connectivity index (χ3v) is 6.11. The van der Waals surface area contributed by atoms with Crippen molar-refractivity contribution in [3.8, 4) is 5.75 Å². The lowest BCUT2D eigenvalue weighted by atomic mass is 9.83. The van der Waals surface area contributed by atoms with Crippen molar-refractivity contribution in [2.24, 2.45) is 0 Å². The summed E-state index contributed by atoms with van der Waals surface area (Å²) < 4.78 is 11.9. The van der Waals surface area contributed by atoms with Crippen molar-refractivity contribution < 1.29 is 14.3 Å². The molecule has 0 atom stereocenters. The van der Waals surface area contributed by atoms with Crippen molar-refractivity contribution in [3.05, 3.63) is 24.3 Å². The van der Waals surface area contributed by atoms with Crippen LogP contribution in [-0.2, 0) is 9.53 Å². The van der Waals surface area contributed by atoms with Gasteiger partial charge in [-0.1, -0.05) is 32.6 Å². The molecule has 162 valence electrons. The molecule has 1 amide bonds. The van der Waals surface area contributed by atoms with Gasteiger partial charge in [-0.2, -0.15) is 0 Å². The summed E-state index contributed by atoms with van der Waals surface area (Å²) in [5, 5.41) is 3.07. The Morgan fingerprint density at radius 3 is 2.38 bits per heavy atom. The Hall–Kier alpha value is -1.59. The maximum absolute atomic E-state index is 13.0. The second-order valence-electron chi connectivity index (χ2n) is 8.49. The van der Waals surface area contributed by atoms with E-state index in [2.05, 4.69) is 17.1 Å². The number of nitrogens with one attached hydrogen (secondary N) is 1. The molecule has 5 heteroatoms. The Kier molecular flexibility index (Phi) is 8.81. The van der Waals surface area contributed by atoms with E-state index in [1.165, 1.54) is 38.8 Å². The summed E-state index contributed by atoms with van der Waals surface area (Å²) in [5.74, 6) is 0.858. The standard InChI is InChI=1S/C24H38N2O3/c1-2-19-29-24(14-5-3-6-15-24)23(27)25-21-10-12-22(13-11-21)28-20-9-18-26-16-7-4-8-17-26/h10-13H,2-9,14-20H2,1H3,(H,25,27). The highest BCUT2D eigenvalue weighted by molar-refractivity contribution is 5.97. The largest absolute Gasteiger partial charge is 0.494 e. The SMILES string of the molecule is CCCOC1(C(=O)Nc2ccc(OCCCN3CCCCC3)cc2)CCCCC1. The zero-order valence-corrected chi connectivity index (χ0v) is 18.1. The van der Waals surface area contributed by atoms with Gasteiger partial charge in [-0.15, -0.1) is 0 Å². The highest BCUT2D eigenvalue weighted by Gasteiger charge is 2.40. The van der Waals surface area contributed by atoms with E-state index in [-0.39, 0.29) is 5.91 Å². The summed E-state index contributed by atoms with van der Waals surface area (Å²) in [6.07, 6.45) is 11.0. The lowest BCUT2D eigenvalue weighted by molar-refractivity contribution is -0.146. The average Bonchev–Trinajstić information content (AvgIpc) is 2.78. The van der Waals surface area contributed by atoms with Crippen LogP contribution in [0.25, 0.3) is 0 Å². The minimum atomic E-state index is -0.655. The van der Waals surface area contributed by atoms with Crippen LogP contribution in [0.3, 0.4) is 0 Å². The fraction of sp³-hybridized carbons (Fsp3) is 0.708. The van der Waals surface area contributed by atoms with Crippen LogP contribution in [0, 0.1) is 0 Å². The number of hydrogen-bond acceptors (Lipinski definition) is 4. The molecule has 2 fully saturated rings. The molecule has 1 aromatic carbocycles. The molecule has 1 aliphatic heterocycles. The van der Waals surface area contributed by atoms with Gasteiger partial charge < -0.3 is 19.7 Å². The molecular formula is C24H38N2O3. The Labute approximate surface area is 176 Å². The van der Waals surface area contributed by atoms with E-state index in [1.807, 2.05) is 24.3 Å². The summed E-state index contributed by atoms with van der Waals surface area (Å²) in [6, 6.07) is 7.73. The minimum absolute atomic E-state index is 0.000787. The average molecular weight is 403 g/mol. The van der Waals surface area contributed by atoms with Crippen LogP contribution in [-0.4, -0.2) is 49.3 Å². The van der Waals surface area contributed by atoms with Gasteiger partial charge in [0.05, 0.1) is 6.61 Å². The topological polar surface area (TPSA) is 50.8 Å². The predicted molar refractivity (Wildman–Crippen MR) is 118 cm³/mol. The van der Waals surface area contributed by atoms with Crippen molar-refractivity contribution >= 4 is 11.6 Å². The molecule has 29 heavy (non-hydrogen) atoms. The maximum Gasteiger partial charge on any atom is 0.256 e. The number of benzene rings is 1. The van der Waals surface area contributed by atoms with Gasteiger partial charge in [0.1, 0.15) is 11.4 Å². The first kappa shape index (κ1) is 22.1. The number of hydrogen-bond donors (Lipinski definition) is 1. The van der Waals surface area contributed by atoms with Crippen LogP contribution in [0.5, 0.6) is 5.75 Å². The third kappa shape index (κ3) is 6.71. The van der Waals surface area contributed by atoms with Gasteiger partial charge in [0, 0.05) is 18.8 Å². The van der Waals surface area contributed by atoms with Crippen LogP contribution in [0.4, 0.5) is 5.69 Å². The van der Waals surface area contributed by atoms with Crippen molar-refractivity contribution in [2.45, 2.75) is 76.7 Å². The zero-order chi connectivity index (χ0) is 20.4. The van der Waals surface area contributed by atoms with Crippen LogP contribution in [0.1, 0.15) is 71.1 Å². The number of carbonyl (C=O) groups is 1. The van der Waals surface area contributed by atoms with Gasteiger partial charge in [-0.05, 0) is 75.9 Å². The number of likely N-dealkylation sites (tertiary alicyclic amines) is 1. The maximum atomic E-state index is 13.0. The minimum Gasteiger partial charge on any atom is -0.494 e. The highest BCUT2D eigenvalue weighted by Crippen LogP contribution is 2.33. The number of nitrogens with zero attached hydrogens (tertiary/aromatic N) is 1. The lowest BCUT2D eigenvalue weighted by Crippen LogP contribution is -2.47. The van der Waals surface area contributed by atoms with E-state index in [9.17, 15) is 4.79 Å². The Morgan fingerprint density at radius 1 is 1.00 bits per heavy atom. The molecule has 0 unspecified atom stereocenters. The Bertz CT molecular complexity index is 605. The van der Waals surface area contributed by atoms with E-state index in [0.29, 0.717) is 6.61 Å². The molecule has 2 aliphatic rings. The second kappa shape index (κ2) is 11.6. The van der Waals surface area contributed by atoms with Gasteiger partial charge in [-0.25, -0.2) is 0 Å². The summed E-state index contributed by atoms with van der Waals surface area (Å²) in [4.78, 5) is 15.5. The van der Waals surface area contributed by atoms with E-state index in [1.54, 1.807) is 0 Å². The second-order valence-corrected chi connectivity index (χ2v) is 8.49. The van der Waals surface area contributed by atoms with Gasteiger partial charge >= 0.3 is 0 Å². The molecule has 0 radical (unpaired) electrons. The molecule has 1 saturated heterocycles. The lowest BCUT2D eigenvalue weighted by Gasteiger charge is -2.35. The van der Waals surface area contributed by atoms with E-state index < -0.39 is 5.60 Å². The molecule has 1 N–H and O–H groups in total. The molecule has 1 aliphatic carbocycles. The number of ether oxygens (including phenoxy) is 2. The molecule has 3 rings (SSSR count). The number of carbonyl (C=O) groups excluding carboxylic acids is 1. The summed E-state index contributed by atoms with van der Waals surface area (Å²) in [5.41, 5.74) is 0.151. The molecule has 1 heterocycles. The number of rotatable bonds is 10. The van der Waals surface area contributed by atoms with E-state index >= 15 is 0 Å². The number of anilines is 1. The van der Waals surface area contributed by atoms with E-state index in [0.717, 1.165) is 63.1 Å². The third-order valence-electron chi connectivity index (χ3n) is 6.11. The van der Waals surface area contributed by atoms with Gasteiger partial charge in [0.15, 0.2) is 0 Å². The summed E-state index contributed by atoms with van der Waals surface area (Å²) in [6.45, 7) is 7.04. The molecule has 0 aromatic heterocycles. The van der Waals surface area contributed by atoms with Gasteiger partial charge in [-0.3, -0.25) is 4.79 Å². The monoisotopic (exact) mass is 402 g/mol. The van der Waals surface area contributed by atoms with Crippen molar-refractivity contribution in [2.75, 3.05) is 38.2 Å². The Morgan fingerprint density at radius 2 is 1.69 bits per heavy atom. The fourth-order valence-corrected chi connectivity index (χ4v) is 4.40. The van der Waals surface area contributed by atoms with Crippen molar-refractivity contribution in [1.29, 1.82) is 0 Å². The molecular weight excluding hydrogens is 364 g/mol. The number of amides is 1. The number of piperidine rings is 1. The normalized spacial score (nSPS) is 19.6. The summed E-state index contributed by atoms with van der Waals surface area (Å²) in [7, 11) is 0. The van der Waals surface area contributed by atoms with Crippen LogP contribution in [0.2, 0.25) is 0 Å². The molecule has 1 aromatic rings. The smallest absolute Gasteiger partial charge is 0.256 e. The molecule has 0 spiro atoms. The van der Waals surface area contributed by atoms with Crippen LogP contribution >= 0.6 is 0 Å². The first-order valence-corrected chi connectivity index (χ1v) is 11.6. The quantitative estimate of drug-likeness (QED) is 0.559. The Balaban J connectivity index is 1.44. The first-order valence-electron chi connectivity index (χ1n) is 11.6. The van der Waals surface area contributed by atoms with Crippen molar-refractivity contribution in [3.63, 3.8) is 0 Å². The predicted octanol–water partition coefficient (Wildman–Crippen LogP) is 5.01. The molecule has 0 bridgehead atoms. The highest BCUT2D eigenvalue weighted by atomic mass is 16.5.